The van der Waals surface area contributed by atoms with Crippen LogP contribution in [0.2, 0.25) is 0 Å². The number of amides is 4. The van der Waals surface area contributed by atoms with Gasteiger partial charge in [0.05, 0.1) is 6.54 Å². The number of halogens is 2. The zero-order valence-electron chi connectivity index (χ0n) is 24.9. The zero-order valence-corrected chi connectivity index (χ0v) is 24.9. The number of rotatable bonds is 13. The summed E-state index contributed by atoms with van der Waals surface area (Å²) in [5.41, 5.74) is 3.06. The first-order valence-corrected chi connectivity index (χ1v) is 14.4. The minimum Gasteiger partial charge on any atom is -0.485 e. The minimum absolute atomic E-state index is 0.0933. The molecule has 0 atom stereocenters. The summed E-state index contributed by atoms with van der Waals surface area (Å²) in [7, 11) is 0. The number of imide groups is 1. The van der Waals surface area contributed by atoms with E-state index in [1.165, 1.54) is 0 Å². The smallest absolute Gasteiger partial charge is 0.331 e. The van der Waals surface area contributed by atoms with Crippen molar-refractivity contribution in [3.63, 3.8) is 0 Å². The van der Waals surface area contributed by atoms with E-state index in [2.05, 4.69) is 18.7 Å². The highest BCUT2D eigenvalue weighted by molar-refractivity contribution is 5.98. The van der Waals surface area contributed by atoms with Crippen molar-refractivity contribution in [1.29, 1.82) is 0 Å². The van der Waals surface area contributed by atoms with Crippen LogP contribution in [0.25, 0.3) is 0 Å². The van der Waals surface area contributed by atoms with Gasteiger partial charge in [0.15, 0.2) is 6.10 Å². The van der Waals surface area contributed by atoms with Crippen molar-refractivity contribution < 1.29 is 27.9 Å². The van der Waals surface area contributed by atoms with Gasteiger partial charge >= 0.3 is 6.03 Å². The highest BCUT2D eigenvalue weighted by atomic mass is 19.1. The number of anilines is 2. The summed E-state index contributed by atoms with van der Waals surface area (Å²) in [5.74, 6) is 0.292. The van der Waals surface area contributed by atoms with E-state index >= 15 is 0 Å². The number of piperidine rings is 1. The molecule has 3 rings (SSSR count). The predicted octanol–water partition coefficient (Wildman–Crippen LogP) is 5.76. The number of likely N-dealkylation sites (tertiary alicyclic amines) is 1. The fourth-order valence-corrected chi connectivity index (χ4v) is 4.90. The Morgan fingerprint density at radius 2 is 1.71 bits per heavy atom. The number of nitrogens with zero attached hydrogens (tertiary/aromatic N) is 4. The molecule has 0 aliphatic carbocycles. The second-order valence-corrected chi connectivity index (χ2v) is 9.60. The van der Waals surface area contributed by atoms with Crippen LogP contribution in [0.4, 0.5) is 25.0 Å². The van der Waals surface area contributed by atoms with Crippen molar-refractivity contribution in [2.45, 2.75) is 66.2 Å². The summed E-state index contributed by atoms with van der Waals surface area (Å²) in [4.78, 5) is 44.1. The fourth-order valence-electron chi connectivity index (χ4n) is 4.90. The van der Waals surface area contributed by atoms with Crippen molar-refractivity contribution >= 4 is 30.2 Å². The number of hydrogen-bond donors (Lipinski definition) is 0. The lowest BCUT2D eigenvalue weighted by atomic mass is 10.0. The molecule has 0 bridgehead atoms. The van der Waals surface area contributed by atoms with Gasteiger partial charge in [0.2, 0.25) is 12.8 Å². The molecule has 1 heterocycles. The topological polar surface area (TPSA) is 73.4 Å². The third kappa shape index (κ3) is 8.90. The van der Waals surface area contributed by atoms with Crippen molar-refractivity contribution in [2.24, 2.45) is 0 Å². The number of alkyl halides is 2. The molecule has 1 saturated heterocycles. The third-order valence-electron chi connectivity index (χ3n) is 7.06. The summed E-state index contributed by atoms with van der Waals surface area (Å²) >= 11 is 0. The predicted molar refractivity (Wildman–Crippen MR) is 159 cm³/mol. The van der Waals surface area contributed by atoms with E-state index in [-0.39, 0.29) is 12.6 Å². The number of carbonyl (C=O) groups is 3. The molecule has 10 heteroatoms. The molecule has 0 N–H and O–H groups in total. The molecular weight excluding hydrogens is 530 g/mol. The fraction of sp³-hybridized carbons (Fsp3) is 0.516. The zero-order chi connectivity index (χ0) is 30.4. The lowest BCUT2D eigenvalue weighted by molar-refractivity contribution is -0.119. The van der Waals surface area contributed by atoms with Crippen LogP contribution in [0.5, 0.6) is 5.75 Å². The van der Waals surface area contributed by atoms with Crippen LogP contribution < -0.4 is 14.5 Å². The Kier molecular flexibility index (Phi) is 14.1. The van der Waals surface area contributed by atoms with Crippen molar-refractivity contribution in [3.8, 4) is 5.75 Å². The van der Waals surface area contributed by atoms with Gasteiger partial charge in [0.1, 0.15) is 19.1 Å². The number of carbonyl (C=O) groups excluding carboxylic acids is 3. The maximum absolute atomic E-state index is 14.0. The van der Waals surface area contributed by atoms with E-state index in [9.17, 15) is 23.2 Å². The molecule has 1 fully saturated rings. The van der Waals surface area contributed by atoms with Gasteiger partial charge in [-0.3, -0.25) is 19.4 Å². The number of hydrogen-bond acceptors (Lipinski definition) is 5. The van der Waals surface area contributed by atoms with Crippen LogP contribution >= 0.6 is 0 Å². The summed E-state index contributed by atoms with van der Waals surface area (Å²) in [5, 5.41) is 0. The number of ether oxygens (including phenoxy) is 1. The first kappa shape index (κ1) is 33.5. The van der Waals surface area contributed by atoms with Crippen LogP contribution in [0, 0.1) is 6.92 Å². The first-order chi connectivity index (χ1) is 19.9. The molecule has 0 radical (unpaired) electrons. The minimum atomic E-state index is -1.20. The molecule has 0 saturated carbocycles. The maximum atomic E-state index is 14.0. The van der Waals surface area contributed by atoms with E-state index in [0.717, 1.165) is 35.7 Å². The Morgan fingerprint density at radius 3 is 2.24 bits per heavy atom. The molecule has 0 unspecified atom stereocenters. The SMILES string of the molecule is CC.CCN(CC)c1cccc(CN(C=O)C(=O)N(c2ccc(OC(CF)CF)cc2C)C2CCN(C=O)CC2)c1. The van der Waals surface area contributed by atoms with Gasteiger partial charge in [-0.25, -0.2) is 13.6 Å². The van der Waals surface area contributed by atoms with E-state index in [0.29, 0.717) is 49.3 Å². The lowest BCUT2D eigenvalue weighted by Crippen LogP contribution is -2.52. The average molecular weight is 575 g/mol. The standard InChI is InChI=1S/C29H38F2N4O4.C2H6/c1-4-33(5-2)25-8-6-7-23(16-25)19-34(21-37)29(38)35(24-11-13-32(20-36)14-12-24)28-10-9-26(15-22(28)3)39-27(17-30)18-31;1-2/h6-10,15-16,20-21,24,27H,4-5,11-14,17-19H2,1-3H3;1-2H3. The van der Waals surface area contributed by atoms with Crippen LogP contribution in [0.15, 0.2) is 42.5 Å². The van der Waals surface area contributed by atoms with E-state index < -0.39 is 25.5 Å². The van der Waals surface area contributed by atoms with E-state index in [1.807, 2.05) is 38.1 Å². The van der Waals surface area contributed by atoms with E-state index in [4.69, 9.17) is 4.74 Å². The molecule has 1 aliphatic rings. The Morgan fingerprint density at radius 1 is 1.05 bits per heavy atom. The van der Waals surface area contributed by atoms with Gasteiger partial charge in [0, 0.05) is 43.6 Å². The molecular formula is C31H44F2N4O4. The van der Waals surface area contributed by atoms with Gasteiger partial charge in [0.25, 0.3) is 0 Å². The number of urea groups is 1. The quantitative estimate of drug-likeness (QED) is 0.285. The van der Waals surface area contributed by atoms with Crippen LogP contribution in [0.1, 0.15) is 51.7 Å². The number of benzene rings is 2. The van der Waals surface area contributed by atoms with Crippen molar-refractivity contribution in [3.05, 3.63) is 53.6 Å². The highest BCUT2D eigenvalue weighted by Gasteiger charge is 2.33. The van der Waals surface area contributed by atoms with Gasteiger partial charge in [-0.2, -0.15) is 0 Å². The van der Waals surface area contributed by atoms with Gasteiger partial charge in [-0.05, 0) is 75.1 Å². The van der Waals surface area contributed by atoms with Crippen LogP contribution in [-0.4, -0.2) is 80.3 Å². The third-order valence-corrected chi connectivity index (χ3v) is 7.06. The molecule has 1 aliphatic heterocycles. The monoisotopic (exact) mass is 574 g/mol. The maximum Gasteiger partial charge on any atom is 0.331 e. The second kappa shape index (κ2) is 17.2. The van der Waals surface area contributed by atoms with Gasteiger partial charge < -0.3 is 14.5 Å². The summed E-state index contributed by atoms with van der Waals surface area (Å²) in [6.07, 6.45) is 1.22. The molecule has 41 heavy (non-hydrogen) atoms. The Labute approximate surface area is 242 Å². The molecule has 8 nitrogen and oxygen atoms in total. The molecule has 0 spiro atoms. The Hall–Kier alpha value is -3.69. The average Bonchev–Trinajstić information content (AvgIpc) is 3.01. The summed E-state index contributed by atoms with van der Waals surface area (Å²) < 4.78 is 31.4. The lowest BCUT2D eigenvalue weighted by Gasteiger charge is -2.39. The largest absolute Gasteiger partial charge is 0.485 e. The van der Waals surface area contributed by atoms with Crippen LogP contribution in [-0.2, 0) is 16.1 Å². The summed E-state index contributed by atoms with van der Waals surface area (Å²) in [6.45, 7) is 10.7. The molecule has 2 aromatic carbocycles. The normalized spacial score (nSPS) is 13.2. The van der Waals surface area contributed by atoms with E-state index in [1.54, 1.807) is 34.9 Å². The van der Waals surface area contributed by atoms with Gasteiger partial charge in [-0.1, -0.05) is 26.0 Å². The second-order valence-electron chi connectivity index (χ2n) is 9.60. The van der Waals surface area contributed by atoms with Crippen LogP contribution in [0.3, 0.4) is 0 Å². The molecule has 226 valence electrons. The highest BCUT2D eigenvalue weighted by Crippen LogP contribution is 2.31. The molecule has 0 aromatic heterocycles. The van der Waals surface area contributed by atoms with Crippen molar-refractivity contribution in [2.75, 3.05) is 49.3 Å². The number of aryl methyl sites for hydroxylation is 1. The summed E-state index contributed by atoms with van der Waals surface area (Å²) in [6, 6.07) is 11.9. The van der Waals surface area contributed by atoms with Gasteiger partial charge in [-0.15, -0.1) is 0 Å². The Bertz CT molecular complexity index is 1100. The molecule has 2 aromatic rings. The molecule has 4 amide bonds. The first-order valence-electron chi connectivity index (χ1n) is 14.4. The Balaban J connectivity index is 0.00000287. The van der Waals surface area contributed by atoms with Crippen molar-refractivity contribution in [1.82, 2.24) is 9.80 Å².